The van der Waals surface area contributed by atoms with Crippen molar-refractivity contribution >= 4 is 55.6 Å². The molecule has 3 fully saturated rings. The number of carbonyl (C=O) groups excluding carboxylic acids is 2. The van der Waals surface area contributed by atoms with E-state index in [2.05, 4.69) is 20.2 Å². The fraction of sp³-hybridized carbons (Fsp3) is 0.553. The predicted molar refractivity (Wildman–Crippen MR) is 203 cm³/mol. The van der Waals surface area contributed by atoms with Crippen molar-refractivity contribution in [3.05, 3.63) is 29.8 Å². The van der Waals surface area contributed by atoms with Gasteiger partial charge in [0.15, 0.2) is 10.9 Å². The molecule has 3 aliphatic heterocycles. The average Bonchev–Trinajstić information content (AvgIpc) is 3.81. The van der Waals surface area contributed by atoms with Crippen LogP contribution in [0, 0.1) is 11.6 Å². The zero-order valence-electron chi connectivity index (χ0n) is 32.1. The van der Waals surface area contributed by atoms with E-state index in [1.54, 1.807) is 46.4 Å². The van der Waals surface area contributed by atoms with E-state index >= 15 is 8.78 Å². The number of benzene rings is 2. The van der Waals surface area contributed by atoms with E-state index in [1.165, 1.54) is 12.1 Å². The molecule has 2 amide bonds. The Labute approximate surface area is 325 Å². The van der Waals surface area contributed by atoms with E-state index in [1.807, 2.05) is 4.90 Å². The summed E-state index contributed by atoms with van der Waals surface area (Å²) in [4.78, 5) is 44.8. The number of hydrogen-bond donors (Lipinski definition) is 1. The minimum absolute atomic E-state index is 0.0591. The monoisotopic (exact) mass is 803 g/mol. The van der Waals surface area contributed by atoms with Crippen molar-refractivity contribution in [3.63, 3.8) is 0 Å². The molecule has 0 atom stereocenters. The van der Waals surface area contributed by atoms with Crippen LogP contribution in [-0.4, -0.2) is 106 Å². The smallest absolute Gasteiger partial charge is 0.413 e. The Hall–Kier alpha value is -4.71. The fourth-order valence-corrected chi connectivity index (χ4v) is 8.50. The van der Waals surface area contributed by atoms with Gasteiger partial charge in [-0.25, -0.2) is 23.4 Å². The first-order valence-corrected chi connectivity index (χ1v) is 19.4. The number of rotatable bonds is 8. The summed E-state index contributed by atoms with van der Waals surface area (Å²) in [7, 11) is 0. The van der Waals surface area contributed by atoms with Crippen LogP contribution in [0.1, 0.15) is 67.2 Å². The molecule has 56 heavy (non-hydrogen) atoms. The molecule has 0 spiro atoms. The Morgan fingerprint density at radius 1 is 0.911 bits per heavy atom. The van der Waals surface area contributed by atoms with Crippen LogP contribution in [0.2, 0.25) is 0 Å². The van der Waals surface area contributed by atoms with Gasteiger partial charge in [-0.05, 0) is 98.5 Å². The summed E-state index contributed by atoms with van der Waals surface area (Å²) in [5.74, 6) is -2.14. The topological polar surface area (TPSA) is 131 Å². The molecule has 4 aromatic rings. The number of thiazole rings is 1. The first kappa shape index (κ1) is 39.5. The van der Waals surface area contributed by atoms with Crippen LogP contribution < -0.4 is 19.7 Å². The van der Waals surface area contributed by atoms with Gasteiger partial charge in [0.2, 0.25) is 0 Å². The van der Waals surface area contributed by atoms with Crippen molar-refractivity contribution in [1.29, 1.82) is 0 Å². The number of aromatic nitrogens is 3. The van der Waals surface area contributed by atoms with Gasteiger partial charge in [0, 0.05) is 37.1 Å². The van der Waals surface area contributed by atoms with Gasteiger partial charge in [-0.3, -0.25) is 10.2 Å². The van der Waals surface area contributed by atoms with Crippen LogP contribution in [0.3, 0.4) is 0 Å². The number of halogens is 4. The lowest BCUT2D eigenvalue weighted by molar-refractivity contribution is -0.0495. The number of nitrogens with one attached hydrogen (secondary N) is 1. The molecule has 0 saturated carbocycles. The second-order valence-corrected chi connectivity index (χ2v) is 17.2. The SMILES string of the molecule is CC(C)(C)OC(=O)Nc1nc2c(-c3c(OC(F)F)cc4c(N5CCN(C(=O)OC(C)(C)C)CC5)nc(OCC56CCCN5CCC6)nc4c3F)ccc(F)c2s1. The number of piperazine rings is 1. The van der Waals surface area contributed by atoms with Crippen LogP contribution in [0.5, 0.6) is 11.8 Å². The zero-order valence-corrected chi connectivity index (χ0v) is 33.0. The summed E-state index contributed by atoms with van der Waals surface area (Å²) < 4.78 is 82.9. The molecule has 0 radical (unpaired) electrons. The lowest BCUT2D eigenvalue weighted by atomic mass is 9.95. The molecule has 5 heterocycles. The van der Waals surface area contributed by atoms with Gasteiger partial charge in [0.05, 0.1) is 21.3 Å². The van der Waals surface area contributed by atoms with Crippen molar-refractivity contribution in [2.45, 2.75) is 90.6 Å². The molecule has 3 aliphatic rings. The molecule has 0 unspecified atom stereocenters. The molecule has 7 rings (SSSR count). The molecule has 18 heteroatoms. The van der Waals surface area contributed by atoms with Crippen molar-refractivity contribution < 1.29 is 46.1 Å². The van der Waals surface area contributed by atoms with Gasteiger partial charge >= 0.3 is 24.8 Å². The number of carbonyl (C=O) groups is 2. The number of alkyl halides is 2. The van der Waals surface area contributed by atoms with Crippen molar-refractivity contribution in [3.8, 4) is 22.9 Å². The van der Waals surface area contributed by atoms with Gasteiger partial charge in [0.25, 0.3) is 0 Å². The standard InChI is InChI=1S/C38H45F4N7O6S/c1-36(2,3)54-34(50)46-33-44-28-21(9-10-23(39)29(28)56-33)25-24(53-31(41)42)19-22-27(26(25)40)43-32(52-20-38-11-7-13-49(38)14-8-12-38)45-30(22)47-15-17-48(18-16-47)35(51)55-37(4,5)6/h9-10,19,31H,7-8,11-18,20H2,1-6H3,(H,44,46,50). The van der Waals surface area contributed by atoms with Gasteiger partial charge < -0.3 is 28.7 Å². The van der Waals surface area contributed by atoms with Crippen LogP contribution in [-0.2, 0) is 9.47 Å². The third-order valence-electron chi connectivity index (χ3n) is 9.96. The Balaban J connectivity index is 1.33. The van der Waals surface area contributed by atoms with E-state index in [0.717, 1.165) is 56.2 Å². The van der Waals surface area contributed by atoms with Crippen LogP contribution in [0.4, 0.5) is 38.1 Å². The molecular weight excluding hydrogens is 759 g/mol. The molecule has 0 aliphatic carbocycles. The Morgan fingerprint density at radius 3 is 2.23 bits per heavy atom. The first-order valence-electron chi connectivity index (χ1n) is 18.6. The summed E-state index contributed by atoms with van der Waals surface area (Å²) >= 11 is 0.768. The summed E-state index contributed by atoms with van der Waals surface area (Å²) in [6.45, 7) is 10.1. The minimum Gasteiger partial charge on any atom is -0.461 e. The highest BCUT2D eigenvalue weighted by Gasteiger charge is 2.45. The van der Waals surface area contributed by atoms with Crippen molar-refractivity contribution in [2.75, 3.05) is 56.1 Å². The average molecular weight is 804 g/mol. The molecule has 3 saturated heterocycles. The van der Waals surface area contributed by atoms with Gasteiger partial charge in [0.1, 0.15) is 40.7 Å². The Bertz CT molecular complexity index is 2140. The summed E-state index contributed by atoms with van der Waals surface area (Å²) in [5, 5.41) is 2.47. The summed E-state index contributed by atoms with van der Waals surface area (Å²) in [6.07, 6.45) is 2.59. The maximum absolute atomic E-state index is 17.3. The number of fused-ring (bicyclic) bond motifs is 3. The predicted octanol–water partition coefficient (Wildman–Crippen LogP) is 8.20. The molecule has 2 aromatic heterocycles. The molecule has 302 valence electrons. The molecule has 13 nitrogen and oxygen atoms in total. The highest BCUT2D eigenvalue weighted by molar-refractivity contribution is 7.22. The molecular formula is C38H45F4N7O6S. The lowest BCUT2D eigenvalue weighted by Crippen LogP contribution is -2.50. The van der Waals surface area contributed by atoms with E-state index in [9.17, 15) is 18.4 Å². The van der Waals surface area contributed by atoms with Crippen LogP contribution in [0.15, 0.2) is 18.2 Å². The number of nitrogens with zero attached hydrogens (tertiary/aromatic N) is 6. The Morgan fingerprint density at radius 2 is 1.59 bits per heavy atom. The van der Waals surface area contributed by atoms with Crippen LogP contribution >= 0.6 is 11.3 Å². The Kier molecular flexibility index (Phi) is 10.6. The summed E-state index contributed by atoms with van der Waals surface area (Å²) in [5.41, 5.74) is -2.60. The third-order valence-corrected chi connectivity index (χ3v) is 10.9. The number of amides is 2. The molecule has 0 bridgehead atoms. The number of hydrogen-bond acceptors (Lipinski definition) is 12. The van der Waals surface area contributed by atoms with Crippen molar-refractivity contribution in [2.24, 2.45) is 0 Å². The van der Waals surface area contributed by atoms with E-state index in [-0.39, 0.29) is 82.0 Å². The number of ether oxygens (including phenoxy) is 4. The normalized spacial score (nSPS) is 17.5. The fourth-order valence-electron chi connectivity index (χ4n) is 7.62. The highest BCUT2D eigenvalue weighted by atomic mass is 32.1. The van der Waals surface area contributed by atoms with Gasteiger partial charge in [-0.1, -0.05) is 11.3 Å². The minimum atomic E-state index is -3.37. The zero-order chi connectivity index (χ0) is 40.2. The van der Waals surface area contributed by atoms with E-state index in [4.69, 9.17) is 23.9 Å². The quantitative estimate of drug-likeness (QED) is 0.173. The maximum atomic E-state index is 17.3. The van der Waals surface area contributed by atoms with Crippen molar-refractivity contribution in [1.82, 2.24) is 24.8 Å². The van der Waals surface area contributed by atoms with Gasteiger partial charge in [-0.2, -0.15) is 18.7 Å². The third kappa shape index (κ3) is 8.21. The van der Waals surface area contributed by atoms with Gasteiger partial charge in [-0.15, -0.1) is 0 Å². The largest absolute Gasteiger partial charge is 0.461 e. The van der Waals surface area contributed by atoms with E-state index < -0.39 is 52.9 Å². The number of anilines is 2. The second kappa shape index (κ2) is 15.0. The lowest BCUT2D eigenvalue weighted by Gasteiger charge is -2.36. The highest BCUT2D eigenvalue weighted by Crippen LogP contribution is 2.45. The first-order chi connectivity index (χ1) is 26.4. The second-order valence-electron chi connectivity index (χ2n) is 16.2. The maximum Gasteiger partial charge on any atom is 0.413 e. The van der Waals surface area contributed by atoms with Crippen LogP contribution in [0.25, 0.3) is 32.2 Å². The molecule has 1 N–H and O–H groups in total. The summed E-state index contributed by atoms with van der Waals surface area (Å²) in [6, 6.07) is 3.39. The van der Waals surface area contributed by atoms with E-state index in [0.29, 0.717) is 0 Å². The molecule has 2 aromatic carbocycles.